The first-order chi connectivity index (χ1) is 9.26. The third kappa shape index (κ3) is 3.16. The molecule has 19 heavy (non-hydrogen) atoms. The van der Waals surface area contributed by atoms with Gasteiger partial charge >= 0.3 is 0 Å². The van der Waals surface area contributed by atoms with Crippen LogP contribution in [0.15, 0.2) is 0 Å². The maximum absolute atomic E-state index is 6.36. The van der Waals surface area contributed by atoms with Crippen LogP contribution in [0.25, 0.3) is 0 Å². The van der Waals surface area contributed by atoms with E-state index in [2.05, 4.69) is 26.2 Å². The lowest BCUT2D eigenvalue weighted by Crippen LogP contribution is -2.62. The molecule has 0 aromatic heterocycles. The Bertz CT molecular complexity index is 260. The van der Waals surface area contributed by atoms with Crippen LogP contribution < -0.4 is 5.32 Å². The lowest BCUT2D eigenvalue weighted by atomic mass is 9.60. The van der Waals surface area contributed by atoms with E-state index in [1.807, 2.05) is 0 Å². The summed E-state index contributed by atoms with van der Waals surface area (Å²) in [5.74, 6) is 0.784. The van der Waals surface area contributed by atoms with Crippen LogP contribution in [0.4, 0.5) is 0 Å². The molecule has 1 N–H and O–H groups in total. The van der Waals surface area contributed by atoms with Gasteiger partial charge in [0.2, 0.25) is 0 Å². The quantitative estimate of drug-likeness (QED) is 0.713. The first kappa shape index (κ1) is 15.3. The Morgan fingerprint density at radius 2 is 2.00 bits per heavy atom. The molecule has 3 atom stereocenters. The lowest BCUT2D eigenvalue weighted by molar-refractivity contribution is -0.139. The van der Waals surface area contributed by atoms with E-state index in [0.29, 0.717) is 11.5 Å². The highest BCUT2D eigenvalue weighted by Gasteiger charge is 2.56. The summed E-state index contributed by atoms with van der Waals surface area (Å²) >= 11 is 0. The van der Waals surface area contributed by atoms with Crippen LogP contribution in [0.5, 0.6) is 0 Å². The maximum Gasteiger partial charge on any atom is 0.0661 e. The maximum atomic E-state index is 6.36. The first-order valence-corrected chi connectivity index (χ1v) is 8.55. The minimum Gasteiger partial charge on any atom is -0.377 e. The second kappa shape index (κ2) is 7.08. The molecule has 2 nitrogen and oxygen atoms in total. The van der Waals surface area contributed by atoms with Crippen molar-refractivity contribution in [3.05, 3.63) is 0 Å². The van der Waals surface area contributed by atoms with Crippen molar-refractivity contribution < 1.29 is 4.74 Å². The zero-order valence-corrected chi connectivity index (χ0v) is 13.2. The molecule has 2 aliphatic carbocycles. The van der Waals surface area contributed by atoms with Crippen LogP contribution in [0, 0.1) is 11.3 Å². The summed E-state index contributed by atoms with van der Waals surface area (Å²) in [6.45, 7) is 5.59. The SMILES string of the molecule is CCCCC(CC)COC1CC(NC)C12CCCC2. The summed E-state index contributed by atoms with van der Waals surface area (Å²) in [7, 11) is 2.12. The van der Waals surface area contributed by atoms with Gasteiger partial charge in [0.15, 0.2) is 0 Å². The van der Waals surface area contributed by atoms with Gasteiger partial charge in [-0.25, -0.2) is 0 Å². The summed E-state index contributed by atoms with van der Waals surface area (Å²) in [6.07, 6.45) is 12.7. The number of unbranched alkanes of at least 4 members (excludes halogenated alkanes) is 1. The number of ether oxygens (including phenoxy) is 1. The molecular formula is C17H33NO. The zero-order chi connectivity index (χ0) is 13.7. The highest BCUT2D eigenvalue weighted by Crippen LogP contribution is 2.54. The van der Waals surface area contributed by atoms with Crippen LogP contribution >= 0.6 is 0 Å². The normalized spacial score (nSPS) is 30.5. The molecule has 0 amide bonds. The Kier molecular flexibility index (Phi) is 5.70. The number of hydrogen-bond acceptors (Lipinski definition) is 2. The molecule has 2 saturated carbocycles. The molecular weight excluding hydrogens is 234 g/mol. The van der Waals surface area contributed by atoms with E-state index >= 15 is 0 Å². The topological polar surface area (TPSA) is 21.3 Å². The predicted molar refractivity (Wildman–Crippen MR) is 81.4 cm³/mol. The summed E-state index contributed by atoms with van der Waals surface area (Å²) in [4.78, 5) is 0. The molecule has 2 fully saturated rings. The Hall–Kier alpha value is -0.0800. The summed E-state index contributed by atoms with van der Waals surface area (Å²) < 4.78 is 6.36. The average molecular weight is 267 g/mol. The Morgan fingerprint density at radius 3 is 2.58 bits per heavy atom. The molecule has 0 aromatic rings. The van der Waals surface area contributed by atoms with Crippen molar-refractivity contribution in [3.63, 3.8) is 0 Å². The number of rotatable bonds is 8. The minimum atomic E-state index is 0.498. The standard InChI is InChI=1S/C17H33NO/c1-4-6-9-14(5-2)13-19-16-12-15(18-3)17(16)10-7-8-11-17/h14-16,18H,4-13H2,1-3H3. The molecule has 0 bridgehead atoms. The van der Waals surface area contributed by atoms with Gasteiger partial charge in [-0.15, -0.1) is 0 Å². The van der Waals surface area contributed by atoms with Gasteiger partial charge in [-0.3, -0.25) is 0 Å². The second-order valence-corrected chi connectivity index (χ2v) is 6.76. The van der Waals surface area contributed by atoms with Crippen LogP contribution in [0.3, 0.4) is 0 Å². The van der Waals surface area contributed by atoms with E-state index in [0.717, 1.165) is 18.6 Å². The molecule has 0 heterocycles. The minimum absolute atomic E-state index is 0.498. The molecule has 3 unspecified atom stereocenters. The van der Waals surface area contributed by atoms with E-state index < -0.39 is 0 Å². The average Bonchev–Trinajstić information content (AvgIpc) is 2.93. The largest absolute Gasteiger partial charge is 0.377 e. The molecule has 2 heteroatoms. The van der Waals surface area contributed by atoms with Gasteiger partial charge in [0.1, 0.15) is 0 Å². The fraction of sp³-hybridized carbons (Fsp3) is 1.00. The third-order valence-electron chi connectivity index (χ3n) is 5.74. The van der Waals surface area contributed by atoms with E-state index in [9.17, 15) is 0 Å². The molecule has 0 aliphatic heterocycles. The van der Waals surface area contributed by atoms with Crippen molar-refractivity contribution in [3.8, 4) is 0 Å². The molecule has 0 aromatic carbocycles. The van der Waals surface area contributed by atoms with Crippen LogP contribution in [0.1, 0.15) is 71.6 Å². The molecule has 0 saturated heterocycles. The molecule has 2 rings (SSSR count). The van der Waals surface area contributed by atoms with E-state index in [1.165, 1.54) is 57.8 Å². The number of nitrogens with one attached hydrogen (secondary N) is 1. The predicted octanol–water partition coefficient (Wildman–Crippen LogP) is 4.14. The van der Waals surface area contributed by atoms with E-state index in [-0.39, 0.29) is 0 Å². The number of hydrogen-bond donors (Lipinski definition) is 1. The smallest absolute Gasteiger partial charge is 0.0661 e. The summed E-state index contributed by atoms with van der Waals surface area (Å²) in [5.41, 5.74) is 0.498. The van der Waals surface area contributed by atoms with Gasteiger partial charge < -0.3 is 10.1 Å². The Balaban J connectivity index is 1.79. The van der Waals surface area contributed by atoms with Gasteiger partial charge in [-0.1, -0.05) is 46.0 Å². The Morgan fingerprint density at radius 1 is 1.26 bits per heavy atom. The molecule has 112 valence electrons. The second-order valence-electron chi connectivity index (χ2n) is 6.76. The van der Waals surface area contributed by atoms with Gasteiger partial charge in [0, 0.05) is 18.1 Å². The zero-order valence-electron chi connectivity index (χ0n) is 13.2. The van der Waals surface area contributed by atoms with Crippen LogP contribution in [-0.2, 0) is 4.74 Å². The molecule has 1 spiro atoms. The summed E-state index contributed by atoms with van der Waals surface area (Å²) in [5, 5.41) is 3.52. The van der Waals surface area contributed by atoms with E-state index in [4.69, 9.17) is 4.74 Å². The highest BCUT2D eigenvalue weighted by atomic mass is 16.5. The van der Waals surface area contributed by atoms with Gasteiger partial charge in [0.05, 0.1) is 6.10 Å². The first-order valence-electron chi connectivity index (χ1n) is 8.55. The molecule has 0 radical (unpaired) electrons. The van der Waals surface area contributed by atoms with Crippen molar-refractivity contribution in [2.45, 2.75) is 83.8 Å². The van der Waals surface area contributed by atoms with Crippen LogP contribution in [0.2, 0.25) is 0 Å². The van der Waals surface area contributed by atoms with Gasteiger partial charge in [-0.2, -0.15) is 0 Å². The van der Waals surface area contributed by atoms with Crippen molar-refractivity contribution in [2.75, 3.05) is 13.7 Å². The lowest BCUT2D eigenvalue weighted by Gasteiger charge is -2.54. The Labute approximate surface area is 119 Å². The molecule has 2 aliphatic rings. The van der Waals surface area contributed by atoms with Gasteiger partial charge in [0.25, 0.3) is 0 Å². The summed E-state index contributed by atoms with van der Waals surface area (Å²) in [6, 6.07) is 0.718. The fourth-order valence-electron chi connectivity index (χ4n) is 4.24. The van der Waals surface area contributed by atoms with Crippen molar-refractivity contribution in [2.24, 2.45) is 11.3 Å². The van der Waals surface area contributed by atoms with Gasteiger partial charge in [-0.05, 0) is 38.6 Å². The van der Waals surface area contributed by atoms with Crippen molar-refractivity contribution >= 4 is 0 Å². The third-order valence-corrected chi connectivity index (χ3v) is 5.74. The van der Waals surface area contributed by atoms with E-state index in [1.54, 1.807) is 0 Å². The monoisotopic (exact) mass is 267 g/mol. The van der Waals surface area contributed by atoms with Crippen molar-refractivity contribution in [1.82, 2.24) is 5.32 Å². The van der Waals surface area contributed by atoms with Crippen molar-refractivity contribution in [1.29, 1.82) is 0 Å². The highest BCUT2D eigenvalue weighted by molar-refractivity contribution is 5.09. The fourth-order valence-corrected chi connectivity index (χ4v) is 4.24. The van der Waals surface area contributed by atoms with Crippen LogP contribution in [-0.4, -0.2) is 25.8 Å².